The Kier molecular flexibility index (Phi) is 3.60. The molecule has 1 atom stereocenters. The van der Waals surface area contributed by atoms with Crippen LogP contribution >= 0.6 is 0 Å². The van der Waals surface area contributed by atoms with Crippen LogP contribution in [0.4, 0.5) is 0 Å². The minimum atomic E-state index is -4.40. The van der Waals surface area contributed by atoms with Gasteiger partial charge in [-0.1, -0.05) is 6.92 Å². The molecule has 0 rings (SSSR count). The van der Waals surface area contributed by atoms with Gasteiger partial charge in [0, 0.05) is 0 Å². The Morgan fingerprint density at radius 2 is 1.85 bits per heavy atom. The van der Waals surface area contributed by atoms with Gasteiger partial charge in [-0.25, -0.2) is 0 Å². The predicted molar refractivity (Wildman–Crippen MR) is 48.9 cm³/mol. The topological polar surface area (TPSA) is 74.7 Å². The first-order chi connectivity index (χ1) is 5.70. The summed E-state index contributed by atoms with van der Waals surface area (Å²) in [5.74, 6) is -0.581. The van der Waals surface area contributed by atoms with E-state index >= 15 is 0 Å². The summed E-state index contributed by atoms with van der Waals surface area (Å²) in [6.07, 6.45) is 0.0220. The standard InChI is InChI=1S/C7H15NO4S/c1-5-7(6(2)9,8(3)4)13(10,11)12/h5H2,1-4H3,(H,10,11,12). The van der Waals surface area contributed by atoms with Crippen molar-refractivity contribution in [2.24, 2.45) is 0 Å². The number of hydrogen-bond acceptors (Lipinski definition) is 4. The van der Waals surface area contributed by atoms with E-state index in [9.17, 15) is 13.2 Å². The average molecular weight is 209 g/mol. The fraction of sp³-hybridized carbons (Fsp3) is 0.857. The number of likely N-dealkylation sites (N-methyl/N-ethyl adjacent to an activating group) is 1. The maximum atomic E-state index is 11.2. The molecular weight excluding hydrogens is 194 g/mol. The monoisotopic (exact) mass is 209 g/mol. The highest BCUT2D eigenvalue weighted by Gasteiger charge is 2.48. The number of ketones is 1. The van der Waals surface area contributed by atoms with E-state index in [4.69, 9.17) is 4.55 Å². The minimum Gasteiger partial charge on any atom is -0.297 e. The zero-order chi connectivity index (χ0) is 10.9. The molecule has 0 aromatic rings. The Morgan fingerprint density at radius 3 is 1.85 bits per heavy atom. The number of hydrogen-bond donors (Lipinski definition) is 1. The van der Waals surface area contributed by atoms with Crippen molar-refractivity contribution in [2.45, 2.75) is 25.1 Å². The van der Waals surface area contributed by atoms with Crippen LogP contribution in [0.15, 0.2) is 0 Å². The lowest BCUT2D eigenvalue weighted by Gasteiger charge is -2.33. The van der Waals surface area contributed by atoms with Crippen LogP contribution in [0.25, 0.3) is 0 Å². The summed E-state index contributed by atoms with van der Waals surface area (Å²) in [4.78, 5) is 10.6. The van der Waals surface area contributed by atoms with Gasteiger partial charge >= 0.3 is 0 Å². The molecule has 0 aromatic carbocycles. The number of carbonyl (C=O) groups excluding carboxylic acids is 1. The fourth-order valence-corrected chi connectivity index (χ4v) is 2.66. The van der Waals surface area contributed by atoms with Gasteiger partial charge in [0.15, 0.2) is 5.78 Å². The van der Waals surface area contributed by atoms with Gasteiger partial charge < -0.3 is 0 Å². The van der Waals surface area contributed by atoms with E-state index < -0.39 is 20.8 Å². The van der Waals surface area contributed by atoms with E-state index in [1.807, 2.05) is 0 Å². The van der Waals surface area contributed by atoms with Gasteiger partial charge in [0.2, 0.25) is 4.87 Å². The molecule has 0 aliphatic rings. The molecule has 0 radical (unpaired) electrons. The van der Waals surface area contributed by atoms with Crippen molar-refractivity contribution >= 4 is 15.9 Å². The van der Waals surface area contributed by atoms with Gasteiger partial charge in [-0.2, -0.15) is 8.42 Å². The molecule has 78 valence electrons. The largest absolute Gasteiger partial charge is 0.297 e. The average Bonchev–Trinajstić information content (AvgIpc) is 1.83. The maximum Gasteiger partial charge on any atom is 0.291 e. The Hall–Kier alpha value is -0.460. The van der Waals surface area contributed by atoms with Crippen LogP contribution in [0, 0.1) is 0 Å². The van der Waals surface area contributed by atoms with Gasteiger partial charge in [-0.3, -0.25) is 14.2 Å². The molecule has 0 saturated carbocycles. The highest BCUT2D eigenvalue weighted by atomic mass is 32.2. The lowest BCUT2D eigenvalue weighted by atomic mass is 10.1. The van der Waals surface area contributed by atoms with Crippen molar-refractivity contribution < 1.29 is 17.8 Å². The van der Waals surface area contributed by atoms with Crippen LogP contribution in [0.5, 0.6) is 0 Å². The van der Waals surface area contributed by atoms with E-state index in [0.717, 1.165) is 6.92 Å². The van der Waals surface area contributed by atoms with Crippen molar-refractivity contribution in [2.75, 3.05) is 14.1 Å². The molecule has 5 nitrogen and oxygen atoms in total. The van der Waals surface area contributed by atoms with Crippen LogP contribution in [-0.2, 0) is 14.9 Å². The molecular formula is C7H15NO4S. The third kappa shape index (κ3) is 1.90. The number of Topliss-reactive ketones (excluding diaryl/α,β-unsaturated/α-hetero) is 1. The quantitative estimate of drug-likeness (QED) is 0.666. The summed E-state index contributed by atoms with van der Waals surface area (Å²) < 4.78 is 31.1. The number of rotatable bonds is 4. The smallest absolute Gasteiger partial charge is 0.291 e. The molecule has 0 aromatic heterocycles. The molecule has 1 N–H and O–H groups in total. The lowest BCUT2D eigenvalue weighted by Crippen LogP contribution is -2.55. The molecule has 0 aliphatic carbocycles. The summed E-state index contributed by atoms with van der Waals surface area (Å²) in [5, 5.41) is 0. The molecule has 0 bridgehead atoms. The van der Waals surface area contributed by atoms with E-state index in [2.05, 4.69) is 0 Å². The molecule has 0 spiro atoms. The number of nitrogens with zero attached hydrogens (tertiary/aromatic N) is 1. The normalized spacial score (nSPS) is 17.1. The lowest BCUT2D eigenvalue weighted by molar-refractivity contribution is -0.123. The second-order valence-electron chi connectivity index (χ2n) is 3.06. The van der Waals surface area contributed by atoms with Crippen molar-refractivity contribution in [3.63, 3.8) is 0 Å². The summed E-state index contributed by atoms with van der Waals surface area (Å²) in [6.45, 7) is 2.69. The van der Waals surface area contributed by atoms with Crippen LogP contribution in [-0.4, -0.2) is 42.6 Å². The molecule has 13 heavy (non-hydrogen) atoms. The van der Waals surface area contributed by atoms with Crippen molar-refractivity contribution in [3.8, 4) is 0 Å². The zero-order valence-electron chi connectivity index (χ0n) is 8.23. The molecule has 1 unspecified atom stereocenters. The second kappa shape index (κ2) is 3.73. The first-order valence-corrected chi connectivity index (χ1v) is 5.29. The van der Waals surface area contributed by atoms with Crippen molar-refractivity contribution in [3.05, 3.63) is 0 Å². The van der Waals surface area contributed by atoms with E-state index in [1.54, 1.807) is 0 Å². The van der Waals surface area contributed by atoms with Gasteiger partial charge in [0.05, 0.1) is 0 Å². The summed E-state index contributed by atoms with van der Waals surface area (Å²) in [7, 11) is -1.51. The molecule has 0 saturated heterocycles. The molecule has 0 amide bonds. The Bertz CT molecular complexity index is 296. The third-order valence-electron chi connectivity index (χ3n) is 2.18. The maximum absolute atomic E-state index is 11.2. The second-order valence-corrected chi connectivity index (χ2v) is 4.69. The van der Waals surface area contributed by atoms with Crippen LogP contribution in [0.2, 0.25) is 0 Å². The highest BCUT2D eigenvalue weighted by molar-refractivity contribution is 7.88. The number of carbonyl (C=O) groups is 1. The third-order valence-corrected chi connectivity index (χ3v) is 3.97. The first kappa shape index (κ1) is 12.5. The summed E-state index contributed by atoms with van der Waals surface area (Å²) in [6, 6.07) is 0. The minimum absolute atomic E-state index is 0.0220. The van der Waals surface area contributed by atoms with Gasteiger partial charge in [-0.05, 0) is 27.4 Å². The zero-order valence-corrected chi connectivity index (χ0v) is 9.05. The Balaban J connectivity index is 5.53. The molecule has 6 heteroatoms. The van der Waals surface area contributed by atoms with Gasteiger partial charge in [-0.15, -0.1) is 0 Å². The highest BCUT2D eigenvalue weighted by Crippen LogP contribution is 2.24. The Labute approximate surface area is 78.5 Å². The van der Waals surface area contributed by atoms with Crippen LogP contribution in [0.3, 0.4) is 0 Å². The van der Waals surface area contributed by atoms with Gasteiger partial charge in [0.25, 0.3) is 10.1 Å². The summed E-state index contributed by atoms with van der Waals surface area (Å²) >= 11 is 0. The van der Waals surface area contributed by atoms with E-state index in [1.165, 1.54) is 25.9 Å². The van der Waals surface area contributed by atoms with Gasteiger partial charge in [0.1, 0.15) is 0 Å². The van der Waals surface area contributed by atoms with Crippen LogP contribution in [0.1, 0.15) is 20.3 Å². The fourth-order valence-electron chi connectivity index (χ4n) is 1.47. The van der Waals surface area contributed by atoms with Crippen molar-refractivity contribution in [1.29, 1.82) is 0 Å². The SMILES string of the molecule is CCC(C(C)=O)(N(C)C)S(=O)(=O)O. The Morgan fingerprint density at radius 1 is 1.46 bits per heavy atom. The first-order valence-electron chi connectivity index (χ1n) is 3.85. The van der Waals surface area contributed by atoms with E-state index in [-0.39, 0.29) is 6.42 Å². The van der Waals surface area contributed by atoms with Crippen molar-refractivity contribution in [1.82, 2.24) is 4.90 Å². The summed E-state index contributed by atoms with van der Waals surface area (Å²) in [5.41, 5.74) is 0. The molecule has 0 fully saturated rings. The predicted octanol–water partition coefficient (Wildman–Crippen LogP) is 0.131. The molecule has 0 aliphatic heterocycles. The van der Waals surface area contributed by atoms with Crippen LogP contribution < -0.4 is 0 Å². The molecule has 0 heterocycles. The van der Waals surface area contributed by atoms with E-state index in [0.29, 0.717) is 0 Å².